The first-order valence-corrected chi connectivity index (χ1v) is 13.0. The van der Waals surface area contributed by atoms with Crippen LogP contribution in [-0.2, 0) is 9.47 Å². The van der Waals surface area contributed by atoms with Gasteiger partial charge in [-0.25, -0.2) is 4.79 Å². The molecule has 1 aliphatic carbocycles. The van der Waals surface area contributed by atoms with E-state index in [9.17, 15) is 60.3 Å². The van der Waals surface area contributed by atoms with E-state index in [-0.39, 0.29) is 16.9 Å². The molecule has 2 heterocycles. The van der Waals surface area contributed by atoms with Crippen molar-refractivity contribution in [2.24, 2.45) is 0 Å². The van der Waals surface area contributed by atoms with E-state index in [4.69, 9.17) is 18.9 Å². The van der Waals surface area contributed by atoms with Crippen LogP contribution in [0.4, 0.5) is 0 Å². The number of hydrogen-bond acceptors (Lipinski definition) is 15. The summed E-state index contributed by atoms with van der Waals surface area (Å²) in [6, 6.07) is 5.62. The van der Waals surface area contributed by atoms with Gasteiger partial charge in [0, 0.05) is 11.1 Å². The van der Waals surface area contributed by atoms with E-state index in [2.05, 4.69) is 0 Å². The fraction of sp³-hybridized carbons (Fsp3) is 0.444. The number of carbonyl (C=O) groups is 3. The minimum atomic E-state index is -1.94. The number of rotatable bonds is 7. The van der Waals surface area contributed by atoms with Crippen LogP contribution in [-0.4, -0.2) is 138 Å². The smallest absolute Gasteiger partial charge is 0.335 e. The summed E-state index contributed by atoms with van der Waals surface area (Å²) in [4.78, 5) is 39.5. The Morgan fingerprint density at radius 3 is 1.70 bits per heavy atom. The van der Waals surface area contributed by atoms with Crippen LogP contribution in [0.15, 0.2) is 30.3 Å². The summed E-state index contributed by atoms with van der Waals surface area (Å²) >= 11 is 0. The van der Waals surface area contributed by atoms with Gasteiger partial charge in [-0.1, -0.05) is 12.1 Å². The van der Waals surface area contributed by atoms with E-state index < -0.39 is 115 Å². The number of carboxylic acid groups (broad SMARTS) is 1. The lowest BCUT2D eigenvalue weighted by Gasteiger charge is -2.40. The highest BCUT2D eigenvalue weighted by atomic mass is 16.7. The molecule has 0 bridgehead atoms. The van der Waals surface area contributed by atoms with Crippen molar-refractivity contribution in [1.82, 2.24) is 0 Å². The molecule has 0 unspecified atom stereocenters. The molecule has 0 saturated carbocycles. The predicted molar refractivity (Wildman–Crippen MR) is 135 cm³/mol. The van der Waals surface area contributed by atoms with E-state index in [1.165, 1.54) is 18.2 Å². The van der Waals surface area contributed by atoms with Crippen LogP contribution in [0.2, 0.25) is 0 Å². The normalized spacial score (nSPS) is 33.9. The maximum absolute atomic E-state index is 14.0. The van der Waals surface area contributed by atoms with Crippen LogP contribution in [0.3, 0.4) is 0 Å². The van der Waals surface area contributed by atoms with Crippen LogP contribution in [0.1, 0.15) is 42.2 Å². The SMILES string of the molecule is O=C(O)c1cc(O[C@@H]2O[C@@H](CO)[C@H](O)[C@H](O)[C@@H]2O)c2c(c1)C(=O)c1cccc(O[C@@H]3O[C@H](CO)[C@@H](O)[C@@H](O)[C@H]3O)c1C2=O. The number of benzene rings is 2. The average molecular weight is 609 g/mol. The van der Waals surface area contributed by atoms with E-state index in [1.807, 2.05) is 0 Å². The zero-order valence-corrected chi connectivity index (χ0v) is 22.0. The monoisotopic (exact) mass is 608 g/mol. The molecule has 232 valence electrons. The number of aliphatic hydroxyl groups is 8. The van der Waals surface area contributed by atoms with Crippen molar-refractivity contribution in [3.05, 3.63) is 58.1 Å². The second kappa shape index (κ2) is 11.9. The summed E-state index contributed by atoms with van der Waals surface area (Å²) in [5.74, 6) is -4.18. The molecule has 10 atom stereocenters. The van der Waals surface area contributed by atoms with Crippen molar-refractivity contribution in [2.75, 3.05) is 13.2 Å². The molecule has 0 aromatic heterocycles. The summed E-state index contributed by atoms with van der Waals surface area (Å²) in [5, 5.41) is 89.9. The summed E-state index contributed by atoms with van der Waals surface area (Å²) in [7, 11) is 0. The Morgan fingerprint density at radius 1 is 0.674 bits per heavy atom. The Labute approximate surface area is 241 Å². The number of hydrogen-bond donors (Lipinski definition) is 9. The van der Waals surface area contributed by atoms with Crippen LogP contribution >= 0.6 is 0 Å². The van der Waals surface area contributed by atoms with Gasteiger partial charge in [-0.2, -0.15) is 0 Å². The molecule has 0 spiro atoms. The third-order valence-electron chi connectivity index (χ3n) is 7.50. The van der Waals surface area contributed by atoms with Crippen molar-refractivity contribution in [3.63, 3.8) is 0 Å². The second-order valence-electron chi connectivity index (χ2n) is 10.2. The van der Waals surface area contributed by atoms with Crippen LogP contribution in [0, 0.1) is 0 Å². The first kappa shape index (κ1) is 30.9. The number of carbonyl (C=O) groups excluding carboxylic acids is 2. The van der Waals surface area contributed by atoms with Gasteiger partial charge in [0.1, 0.15) is 60.3 Å². The molecule has 43 heavy (non-hydrogen) atoms. The molecular formula is C27H28O16. The molecular weight excluding hydrogens is 580 g/mol. The van der Waals surface area contributed by atoms with Crippen LogP contribution < -0.4 is 9.47 Å². The van der Waals surface area contributed by atoms with Crippen molar-refractivity contribution in [3.8, 4) is 11.5 Å². The van der Waals surface area contributed by atoms with Crippen molar-refractivity contribution >= 4 is 17.5 Å². The molecule has 9 N–H and O–H groups in total. The Bertz CT molecular complexity index is 1420. The van der Waals surface area contributed by atoms with Gasteiger partial charge in [0.25, 0.3) is 0 Å². The topological polar surface area (TPSA) is 270 Å². The summed E-state index contributed by atoms with van der Waals surface area (Å²) in [5.41, 5.74) is -1.98. The van der Waals surface area contributed by atoms with Crippen LogP contribution in [0.5, 0.6) is 11.5 Å². The highest BCUT2D eigenvalue weighted by Gasteiger charge is 2.47. The molecule has 0 radical (unpaired) electrons. The minimum Gasteiger partial charge on any atom is -0.478 e. The van der Waals surface area contributed by atoms with E-state index in [0.29, 0.717) is 0 Å². The standard InChI is InChI=1S/C27H28O16/c28-6-13-18(31)21(34)23(36)26(42-13)40-11-3-1-2-9-15(11)20(33)16-10(17(9)30)4-8(25(38)39)5-12(16)41-27-24(37)22(35)19(32)14(7-29)43-27/h1-5,13-14,18-19,21-24,26-29,31-32,34-37H,6-7H2,(H,38,39)/t13-,14+,18-,19+,21-,22+,23-,24+,26-,27-/m1/s1. The molecule has 16 heteroatoms. The maximum atomic E-state index is 14.0. The first-order chi connectivity index (χ1) is 20.4. The zero-order valence-electron chi connectivity index (χ0n) is 22.0. The quantitative estimate of drug-likeness (QED) is 0.126. The fourth-order valence-corrected chi connectivity index (χ4v) is 5.15. The molecule has 0 amide bonds. The molecule has 2 aromatic rings. The third kappa shape index (κ3) is 5.27. The lowest BCUT2D eigenvalue weighted by Crippen LogP contribution is -2.60. The number of fused-ring (bicyclic) bond motifs is 2. The average Bonchev–Trinajstić information content (AvgIpc) is 2.99. The van der Waals surface area contributed by atoms with Gasteiger partial charge in [0.15, 0.2) is 5.78 Å². The largest absolute Gasteiger partial charge is 0.478 e. The molecule has 2 aromatic carbocycles. The van der Waals surface area contributed by atoms with Crippen molar-refractivity contribution < 1.29 is 79.3 Å². The van der Waals surface area contributed by atoms with Gasteiger partial charge < -0.3 is 64.9 Å². The third-order valence-corrected chi connectivity index (χ3v) is 7.50. The van der Waals surface area contributed by atoms with E-state index >= 15 is 0 Å². The Balaban J connectivity index is 1.56. The van der Waals surface area contributed by atoms with Gasteiger partial charge in [0.2, 0.25) is 18.4 Å². The minimum absolute atomic E-state index is 0.235. The number of ether oxygens (including phenoxy) is 4. The molecule has 2 aliphatic heterocycles. The van der Waals surface area contributed by atoms with Crippen molar-refractivity contribution in [2.45, 2.75) is 61.4 Å². The lowest BCUT2D eigenvalue weighted by molar-refractivity contribution is -0.277. The number of carboxylic acids is 1. The van der Waals surface area contributed by atoms with Gasteiger partial charge in [-0.3, -0.25) is 9.59 Å². The lowest BCUT2D eigenvalue weighted by atomic mass is 9.82. The van der Waals surface area contributed by atoms with Gasteiger partial charge in [-0.15, -0.1) is 0 Å². The Hall–Kier alpha value is -3.55. The molecule has 3 aliphatic rings. The zero-order chi connectivity index (χ0) is 31.3. The molecule has 2 saturated heterocycles. The van der Waals surface area contributed by atoms with Crippen molar-refractivity contribution in [1.29, 1.82) is 0 Å². The second-order valence-corrected chi connectivity index (χ2v) is 10.2. The highest BCUT2D eigenvalue weighted by molar-refractivity contribution is 6.30. The summed E-state index contributed by atoms with van der Waals surface area (Å²) < 4.78 is 21.9. The van der Waals surface area contributed by atoms with E-state index in [0.717, 1.165) is 12.1 Å². The van der Waals surface area contributed by atoms with Gasteiger partial charge >= 0.3 is 5.97 Å². The van der Waals surface area contributed by atoms with E-state index in [1.54, 1.807) is 0 Å². The Morgan fingerprint density at radius 2 is 1.19 bits per heavy atom. The summed E-state index contributed by atoms with van der Waals surface area (Å²) in [6.45, 7) is -1.56. The molecule has 5 rings (SSSR count). The predicted octanol–water partition coefficient (Wildman–Crippen LogP) is -3.48. The first-order valence-electron chi connectivity index (χ1n) is 13.0. The summed E-state index contributed by atoms with van der Waals surface area (Å²) in [6.07, 6.45) is -17.2. The maximum Gasteiger partial charge on any atom is 0.335 e. The van der Waals surface area contributed by atoms with Crippen LogP contribution in [0.25, 0.3) is 0 Å². The number of aromatic carboxylic acids is 1. The Kier molecular flexibility index (Phi) is 8.52. The van der Waals surface area contributed by atoms with Gasteiger partial charge in [-0.05, 0) is 18.2 Å². The molecule has 2 fully saturated rings. The van der Waals surface area contributed by atoms with Gasteiger partial charge in [0.05, 0.1) is 29.9 Å². The fourth-order valence-electron chi connectivity index (χ4n) is 5.15. The molecule has 16 nitrogen and oxygen atoms in total. The number of aliphatic hydroxyl groups excluding tert-OH is 8. The number of ketones is 2. The highest BCUT2D eigenvalue weighted by Crippen LogP contribution is 2.40.